The van der Waals surface area contributed by atoms with Crippen molar-refractivity contribution in [1.29, 1.82) is 0 Å². The van der Waals surface area contributed by atoms with Gasteiger partial charge >= 0.3 is 0 Å². The standard InChI is InChI=1S/C68H45N/c1-3-17-46(18-4-1)48-31-38-52(39-32-48)69(53-40-33-49(34-41-53)47-19-5-2-6-20-47)54-42-35-50(36-43-54)51-37-44-58-57-23-9-12-26-61(57)68(66(58)45-51)64-29-15-13-27-62(64)67(63-28-14-16-30-65(63)68)59-24-10-7-21-55(59)56-22-8-11-25-60(56)67/h1-45H. The molecule has 0 aliphatic heterocycles. The van der Waals surface area contributed by atoms with Gasteiger partial charge in [0.05, 0.1) is 10.8 Å². The van der Waals surface area contributed by atoms with Crippen molar-refractivity contribution >= 4 is 17.1 Å². The predicted molar refractivity (Wildman–Crippen MR) is 286 cm³/mol. The van der Waals surface area contributed by atoms with E-state index in [-0.39, 0.29) is 0 Å². The Morgan fingerprint density at radius 2 is 0.449 bits per heavy atom. The van der Waals surface area contributed by atoms with Crippen LogP contribution in [0.2, 0.25) is 0 Å². The van der Waals surface area contributed by atoms with Crippen LogP contribution >= 0.6 is 0 Å². The monoisotopic (exact) mass is 875 g/mol. The summed E-state index contributed by atoms with van der Waals surface area (Å²) in [7, 11) is 0. The summed E-state index contributed by atoms with van der Waals surface area (Å²) in [5, 5.41) is 0. The van der Waals surface area contributed by atoms with Crippen LogP contribution in [-0.4, -0.2) is 0 Å². The molecule has 0 atom stereocenters. The van der Waals surface area contributed by atoms with E-state index < -0.39 is 10.8 Å². The predicted octanol–water partition coefficient (Wildman–Crippen LogP) is 17.2. The summed E-state index contributed by atoms with van der Waals surface area (Å²) < 4.78 is 0. The maximum atomic E-state index is 2.51. The Hall–Kier alpha value is -8.78. The molecule has 0 saturated carbocycles. The highest BCUT2D eigenvalue weighted by Gasteiger charge is 2.58. The van der Waals surface area contributed by atoms with Crippen LogP contribution in [-0.2, 0) is 10.8 Å². The summed E-state index contributed by atoms with van der Waals surface area (Å²) in [5.74, 6) is 0. The molecular formula is C68H45N. The zero-order chi connectivity index (χ0) is 45.5. The molecule has 1 heteroatoms. The Bertz CT molecular complexity index is 3580. The number of fused-ring (bicyclic) bond motifs is 16. The van der Waals surface area contributed by atoms with Crippen LogP contribution in [0.3, 0.4) is 0 Å². The average molecular weight is 876 g/mol. The molecule has 3 aliphatic rings. The highest BCUT2D eigenvalue weighted by molar-refractivity contribution is 5.95. The van der Waals surface area contributed by atoms with Crippen LogP contribution in [0.5, 0.6) is 0 Å². The van der Waals surface area contributed by atoms with Crippen LogP contribution < -0.4 is 4.90 Å². The smallest absolute Gasteiger partial charge is 0.0720 e. The Morgan fingerprint density at radius 1 is 0.188 bits per heavy atom. The molecule has 0 N–H and O–H groups in total. The molecule has 0 bridgehead atoms. The topological polar surface area (TPSA) is 3.24 Å². The summed E-state index contributed by atoms with van der Waals surface area (Å²) in [6, 6.07) is 102. The Kier molecular flexibility index (Phi) is 8.78. The minimum absolute atomic E-state index is 0.466. The second-order valence-electron chi connectivity index (χ2n) is 18.7. The quantitative estimate of drug-likeness (QED) is 0.161. The lowest BCUT2D eigenvalue weighted by Crippen LogP contribution is -2.43. The van der Waals surface area contributed by atoms with Crippen molar-refractivity contribution in [2.75, 3.05) is 4.90 Å². The summed E-state index contributed by atoms with van der Waals surface area (Å²) in [6.07, 6.45) is 0. The normalized spacial score (nSPS) is 13.7. The third-order valence-electron chi connectivity index (χ3n) is 15.4. The second kappa shape index (κ2) is 15.4. The Morgan fingerprint density at radius 3 is 0.826 bits per heavy atom. The van der Waals surface area contributed by atoms with E-state index >= 15 is 0 Å². The van der Waals surface area contributed by atoms with Crippen LogP contribution in [0, 0.1) is 0 Å². The van der Waals surface area contributed by atoms with E-state index in [1.54, 1.807) is 0 Å². The lowest BCUT2D eigenvalue weighted by atomic mass is 9.52. The van der Waals surface area contributed by atoms with Gasteiger partial charge in [-0.15, -0.1) is 0 Å². The van der Waals surface area contributed by atoms with Gasteiger partial charge < -0.3 is 4.90 Å². The third kappa shape index (κ3) is 5.65. The van der Waals surface area contributed by atoms with Gasteiger partial charge in [-0.3, -0.25) is 0 Å². The van der Waals surface area contributed by atoms with Gasteiger partial charge in [0.25, 0.3) is 0 Å². The summed E-state index contributed by atoms with van der Waals surface area (Å²) >= 11 is 0. The van der Waals surface area contributed by atoms with E-state index in [2.05, 4.69) is 278 Å². The molecular weight excluding hydrogens is 831 g/mol. The largest absolute Gasteiger partial charge is 0.311 e. The van der Waals surface area contributed by atoms with E-state index in [1.165, 1.54) is 100 Å². The number of nitrogens with zero attached hydrogens (tertiary/aromatic N) is 1. The SMILES string of the molecule is c1ccc(-c2ccc(N(c3ccc(-c4ccccc4)cc3)c3ccc(-c4ccc5c(c4)C4(c6ccccc6-5)c5ccccc5C5(c6ccccc6-c6ccccc65)c5ccccc54)cc3)cc2)cc1. The van der Waals surface area contributed by atoms with E-state index in [0.717, 1.165) is 17.1 Å². The van der Waals surface area contributed by atoms with E-state index in [4.69, 9.17) is 0 Å². The van der Waals surface area contributed by atoms with Gasteiger partial charge in [0.1, 0.15) is 0 Å². The van der Waals surface area contributed by atoms with Gasteiger partial charge in [0, 0.05) is 17.1 Å². The molecule has 11 aromatic carbocycles. The first-order valence-electron chi connectivity index (χ1n) is 24.1. The van der Waals surface area contributed by atoms with Crippen molar-refractivity contribution in [3.8, 4) is 55.6 Å². The molecule has 0 radical (unpaired) electrons. The van der Waals surface area contributed by atoms with Crippen molar-refractivity contribution in [1.82, 2.24) is 0 Å². The third-order valence-corrected chi connectivity index (χ3v) is 15.4. The summed E-state index contributed by atoms with van der Waals surface area (Å²) in [4.78, 5) is 2.37. The van der Waals surface area contributed by atoms with Gasteiger partial charge in [-0.05, 0) is 143 Å². The number of anilines is 3. The molecule has 0 aromatic heterocycles. The van der Waals surface area contributed by atoms with Crippen molar-refractivity contribution in [3.63, 3.8) is 0 Å². The molecule has 0 amide bonds. The minimum atomic E-state index is -0.540. The van der Waals surface area contributed by atoms with Crippen LogP contribution in [0.15, 0.2) is 273 Å². The molecule has 1 nitrogen and oxygen atoms in total. The van der Waals surface area contributed by atoms with Gasteiger partial charge in [-0.25, -0.2) is 0 Å². The van der Waals surface area contributed by atoms with Gasteiger partial charge in [-0.1, -0.05) is 231 Å². The molecule has 0 unspecified atom stereocenters. The van der Waals surface area contributed by atoms with Crippen LogP contribution in [0.25, 0.3) is 55.6 Å². The number of hydrogen-bond donors (Lipinski definition) is 0. The Labute approximate surface area is 403 Å². The van der Waals surface area contributed by atoms with Crippen molar-refractivity contribution < 1.29 is 0 Å². The molecule has 0 heterocycles. The zero-order valence-corrected chi connectivity index (χ0v) is 37.9. The molecule has 0 fully saturated rings. The van der Waals surface area contributed by atoms with E-state index in [0.29, 0.717) is 0 Å². The number of rotatable bonds is 6. The molecule has 0 saturated heterocycles. The van der Waals surface area contributed by atoms with Crippen molar-refractivity contribution in [2.24, 2.45) is 0 Å². The highest BCUT2D eigenvalue weighted by Crippen LogP contribution is 2.67. The molecule has 11 aromatic rings. The lowest BCUT2D eigenvalue weighted by molar-refractivity contribution is 0.633. The number of hydrogen-bond acceptors (Lipinski definition) is 1. The van der Waals surface area contributed by atoms with Gasteiger partial charge in [0.2, 0.25) is 0 Å². The van der Waals surface area contributed by atoms with E-state index in [1.807, 2.05) is 0 Å². The molecule has 322 valence electrons. The Balaban J connectivity index is 0.920. The highest BCUT2D eigenvalue weighted by atomic mass is 15.1. The maximum absolute atomic E-state index is 2.51. The first kappa shape index (κ1) is 39.4. The summed E-state index contributed by atoms with van der Waals surface area (Å²) in [6.45, 7) is 0. The lowest BCUT2D eigenvalue weighted by Gasteiger charge is -2.48. The van der Waals surface area contributed by atoms with Gasteiger partial charge in [0.15, 0.2) is 0 Å². The maximum Gasteiger partial charge on any atom is 0.0720 e. The van der Waals surface area contributed by atoms with Crippen LogP contribution in [0.1, 0.15) is 44.5 Å². The number of benzene rings is 11. The first-order valence-corrected chi connectivity index (χ1v) is 24.1. The first-order chi connectivity index (χ1) is 34.2. The molecule has 69 heavy (non-hydrogen) atoms. The average Bonchev–Trinajstić information content (AvgIpc) is 3.89. The fourth-order valence-electron chi connectivity index (χ4n) is 12.5. The zero-order valence-electron chi connectivity index (χ0n) is 37.9. The van der Waals surface area contributed by atoms with Gasteiger partial charge in [-0.2, -0.15) is 0 Å². The summed E-state index contributed by atoms with van der Waals surface area (Å²) in [5.41, 5.74) is 25.5. The van der Waals surface area contributed by atoms with E-state index in [9.17, 15) is 0 Å². The minimum Gasteiger partial charge on any atom is -0.311 e. The second-order valence-corrected chi connectivity index (χ2v) is 18.7. The van der Waals surface area contributed by atoms with Crippen molar-refractivity contribution in [3.05, 3.63) is 317 Å². The van der Waals surface area contributed by atoms with Crippen LogP contribution in [0.4, 0.5) is 17.1 Å². The fourth-order valence-corrected chi connectivity index (χ4v) is 12.5. The van der Waals surface area contributed by atoms with Crippen molar-refractivity contribution in [2.45, 2.75) is 10.8 Å². The molecule has 2 spiro atoms. The molecule has 14 rings (SSSR count). The fraction of sp³-hybridized carbons (Fsp3) is 0.0294. The molecule has 3 aliphatic carbocycles.